The Morgan fingerprint density at radius 3 is 2.40 bits per heavy atom. The van der Waals surface area contributed by atoms with Crippen LogP contribution in [0.5, 0.6) is 0 Å². The molecular weight excluding hydrogens is 510 g/mol. The average molecular weight is 536 g/mol. The van der Waals surface area contributed by atoms with Crippen LogP contribution in [-0.4, -0.2) is 48.9 Å². The molecule has 186 valence electrons. The van der Waals surface area contributed by atoms with Crippen molar-refractivity contribution in [1.29, 1.82) is 0 Å². The van der Waals surface area contributed by atoms with Crippen molar-refractivity contribution in [2.24, 2.45) is 4.99 Å². The molecule has 1 fully saturated rings. The quantitative estimate of drug-likeness (QED) is 0.440. The van der Waals surface area contributed by atoms with Gasteiger partial charge in [0.1, 0.15) is 6.54 Å². The predicted octanol–water partition coefficient (Wildman–Crippen LogP) is 4.23. The Bertz CT molecular complexity index is 1400. The van der Waals surface area contributed by atoms with Crippen molar-refractivity contribution in [3.05, 3.63) is 57.9 Å². The van der Waals surface area contributed by atoms with Crippen LogP contribution < -0.4 is 4.80 Å². The minimum absolute atomic E-state index is 0.142. The summed E-state index contributed by atoms with van der Waals surface area (Å²) in [6.45, 7) is 2.82. The van der Waals surface area contributed by atoms with Crippen molar-refractivity contribution in [2.75, 3.05) is 19.7 Å². The van der Waals surface area contributed by atoms with Crippen molar-refractivity contribution in [3.8, 4) is 0 Å². The number of thiazole rings is 1. The Morgan fingerprint density at radius 1 is 1.06 bits per heavy atom. The van der Waals surface area contributed by atoms with E-state index in [-0.39, 0.29) is 23.6 Å². The molecule has 1 aliphatic rings. The fraction of sp³-hybridized carbons (Fsp3) is 0.375. The normalized spacial score (nSPS) is 15.8. The molecule has 0 unspecified atom stereocenters. The van der Waals surface area contributed by atoms with Gasteiger partial charge in [-0.1, -0.05) is 41.8 Å². The number of rotatable bonds is 6. The van der Waals surface area contributed by atoms with E-state index in [4.69, 9.17) is 16.3 Å². The van der Waals surface area contributed by atoms with E-state index >= 15 is 0 Å². The van der Waals surface area contributed by atoms with Gasteiger partial charge in [0, 0.05) is 18.7 Å². The Kier molecular flexibility index (Phi) is 8.05. The molecule has 1 amide bonds. The molecule has 0 radical (unpaired) electrons. The molecule has 2 aromatic carbocycles. The predicted molar refractivity (Wildman–Crippen MR) is 135 cm³/mol. The standard InChI is InChI=1S/C24H26ClN3O5S2/c1-2-33-21(29)16-28-22-19(25)8-7-9-20(22)34-24(28)26-23(30)17-10-12-18(13-11-17)35(31,32)27-14-5-3-4-6-15-27/h7-13H,2-6,14-16H2,1H3. The van der Waals surface area contributed by atoms with E-state index in [1.807, 2.05) is 6.07 Å². The highest BCUT2D eigenvalue weighted by molar-refractivity contribution is 7.89. The molecule has 2 heterocycles. The lowest BCUT2D eigenvalue weighted by molar-refractivity contribution is -0.143. The molecule has 35 heavy (non-hydrogen) atoms. The van der Waals surface area contributed by atoms with Gasteiger partial charge in [0.25, 0.3) is 5.91 Å². The van der Waals surface area contributed by atoms with Gasteiger partial charge in [-0.05, 0) is 56.2 Å². The second-order valence-electron chi connectivity index (χ2n) is 8.12. The lowest BCUT2D eigenvalue weighted by Gasteiger charge is -2.19. The SMILES string of the molecule is CCOC(=O)Cn1c(=NC(=O)c2ccc(S(=O)(=O)N3CCCCCC3)cc2)sc2cccc(Cl)c21. The summed E-state index contributed by atoms with van der Waals surface area (Å²) in [6, 6.07) is 11.1. The van der Waals surface area contributed by atoms with Crippen LogP contribution >= 0.6 is 22.9 Å². The highest BCUT2D eigenvalue weighted by Crippen LogP contribution is 2.26. The van der Waals surface area contributed by atoms with Crippen molar-refractivity contribution in [1.82, 2.24) is 8.87 Å². The topological polar surface area (TPSA) is 98.0 Å². The van der Waals surface area contributed by atoms with Gasteiger partial charge in [-0.2, -0.15) is 9.30 Å². The third-order valence-electron chi connectivity index (χ3n) is 5.75. The van der Waals surface area contributed by atoms with Gasteiger partial charge in [-0.15, -0.1) is 0 Å². The Morgan fingerprint density at radius 2 is 1.74 bits per heavy atom. The van der Waals surface area contributed by atoms with E-state index in [2.05, 4.69) is 4.99 Å². The van der Waals surface area contributed by atoms with E-state index in [0.29, 0.717) is 28.4 Å². The molecule has 0 saturated carbocycles. The molecule has 1 saturated heterocycles. The van der Waals surface area contributed by atoms with Crippen LogP contribution in [0.4, 0.5) is 0 Å². The lowest BCUT2D eigenvalue weighted by Crippen LogP contribution is -2.31. The number of fused-ring (bicyclic) bond motifs is 1. The Hall–Kier alpha value is -2.53. The smallest absolute Gasteiger partial charge is 0.326 e. The summed E-state index contributed by atoms with van der Waals surface area (Å²) in [7, 11) is -3.61. The minimum Gasteiger partial charge on any atom is -0.465 e. The van der Waals surface area contributed by atoms with E-state index in [1.54, 1.807) is 23.6 Å². The molecule has 8 nitrogen and oxygen atoms in total. The van der Waals surface area contributed by atoms with Gasteiger partial charge in [0.05, 0.1) is 26.7 Å². The van der Waals surface area contributed by atoms with Gasteiger partial charge in [-0.3, -0.25) is 9.59 Å². The summed E-state index contributed by atoms with van der Waals surface area (Å²) < 4.78 is 34.9. The Labute approximate surface area is 212 Å². The molecule has 0 atom stereocenters. The third-order valence-corrected chi connectivity index (χ3v) is 9.01. The maximum atomic E-state index is 13.0. The van der Waals surface area contributed by atoms with Crippen molar-refractivity contribution < 1.29 is 22.7 Å². The van der Waals surface area contributed by atoms with Crippen LogP contribution in [0, 0.1) is 0 Å². The average Bonchev–Trinajstić information content (AvgIpc) is 3.00. The summed E-state index contributed by atoms with van der Waals surface area (Å²) >= 11 is 7.60. The number of halogens is 1. The number of ether oxygens (including phenoxy) is 1. The number of carbonyl (C=O) groups is 2. The first-order valence-corrected chi connectivity index (χ1v) is 14.1. The largest absolute Gasteiger partial charge is 0.465 e. The van der Waals surface area contributed by atoms with Crippen LogP contribution in [0.3, 0.4) is 0 Å². The zero-order valence-electron chi connectivity index (χ0n) is 19.3. The molecule has 0 aliphatic carbocycles. The van der Waals surface area contributed by atoms with Crippen LogP contribution in [0.1, 0.15) is 43.0 Å². The van der Waals surface area contributed by atoms with Crippen LogP contribution in [0.2, 0.25) is 5.02 Å². The number of carbonyl (C=O) groups excluding carboxylic acids is 2. The number of amides is 1. The first kappa shape index (κ1) is 25.6. The van der Waals surface area contributed by atoms with E-state index in [0.717, 1.165) is 30.4 Å². The maximum Gasteiger partial charge on any atom is 0.326 e. The van der Waals surface area contributed by atoms with Crippen LogP contribution in [0.15, 0.2) is 52.4 Å². The van der Waals surface area contributed by atoms with Gasteiger partial charge in [-0.25, -0.2) is 8.42 Å². The summed E-state index contributed by atoms with van der Waals surface area (Å²) in [4.78, 5) is 29.8. The van der Waals surface area contributed by atoms with Gasteiger partial charge in [0.15, 0.2) is 4.80 Å². The van der Waals surface area contributed by atoms with Gasteiger partial charge in [0.2, 0.25) is 10.0 Å². The van der Waals surface area contributed by atoms with Crippen molar-refractivity contribution in [2.45, 2.75) is 44.0 Å². The summed E-state index contributed by atoms with van der Waals surface area (Å²) in [6.07, 6.45) is 3.75. The van der Waals surface area contributed by atoms with Crippen molar-refractivity contribution >= 4 is 55.1 Å². The number of hydrogen-bond donors (Lipinski definition) is 0. The van der Waals surface area contributed by atoms with Crippen LogP contribution in [-0.2, 0) is 26.1 Å². The molecule has 0 bridgehead atoms. The maximum absolute atomic E-state index is 13.0. The first-order chi connectivity index (χ1) is 16.8. The van der Waals surface area contributed by atoms with E-state index in [1.165, 1.54) is 39.9 Å². The third kappa shape index (κ3) is 5.66. The zero-order valence-corrected chi connectivity index (χ0v) is 21.7. The highest BCUT2D eigenvalue weighted by atomic mass is 35.5. The number of nitrogens with zero attached hydrogens (tertiary/aromatic N) is 3. The highest BCUT2D eigenvalue weighted by Gasteiger charge is 2.25. The molecule has 3 aromatic rings. The molecular formula is C24H26ClN3O5S2. The number of benzene rings is 2. The van der Waals surface area contributed by atoms with E-state index < -0.39 is 21.9 Å². The number of esters is 1. The van der Waals surface area contributed by atoms with Gasteiger partial charge < -0.3 is 9.30 Å². The summed E-state index contributed by atoms with van der Waals surface area (Å²) in [5.74, 6) is -1.02. The summed E-state index contributed by atoms with van der Waals surface area (Å²) in [5, 5.41) is 0.431. The zero-order chi connectivity index (χ0) is 25.0. The Balaban J connectivity index is 1.65. The number of aromatic nitrogens is 1. The number of hydrogen-bond acceptors (Lipinski definition) is 6. The van der Waals surface area contributed by atoms with E-state index in [9.17, 15) is 18.0 Å². The van der Waals surface area contributed by atoms with Crippen LogP contribution in [0.25, 0.3) is 10.2 Å². The molecule has 4 rings (SSSR count). The second kappa shape index (κ2) is 11.0. The molecule has 11 heteroatoms. The fourth-order valence-corrected chi connectivity index (χ4v) is 6.91. The second-order valence-corrected chi connectivity index (χ2v) is 11.5. The minimum atomic E-state index is -3.61. The molecule has 1 aliphatic heterocycles. The first-order valence-electron chi connectivity index (χ1n) is 11.4. The molecule has 1 aromatic heterocycles. The number of sulfonamides is 1. The number of para-hydroxylation sites is 1. The van der Waals surface area contributed by atoms with Crippen molar-refractivity contribution in [3.63, 3.8) is 0 Å². The molecule has 0 spiro atoms. The lowest BCUT2D eigenvalue weighted by atomic mass is 10.2. The summed E-state index contributed by atoms with van der Waals surface area (Å²) in [5.41, 5.74) is 0.837. The fourth-order valence-electron chi connectivity index (χ4n) is 4.01. The monoisotopic (exact) mass is 535 g/mol. The molecule has 0 N–H and O–H groups in total. The van der Waals surface area contributed by atoms with Gasteiger partial charge >= 0.3 is 5.97 Å².